The summed E-state index contributed by atoms with van der Waals surface area (Å²) >= 11 is 0. The molecule has 0 radical (unpaired) electrons. The van der Waals surface area contributed by atoms with E-state index in [0.717, 1.165) is 0 Å². The van der Waals surface area contributed by atoms with Gasteiger partial charge in [0.1, 0.15) is 23.1 Å². The zero-order chi connectivity index (χ0) is 16.3. The van der Waals surface area contributed by atoms with Crippen molar-refractivity contribution in [3.63, 3.8) is 0 Å². The second-order valence-electron chi connectivity index (χ2n) is 5.54. The average molecular weight is 298 g/mol. The van der Waals surface area contributed by atoms with Gasteiger partial charge in [-0.05, 0) is 26.2 Å². The minimum Gasteiger partial charge on any atom is -0.384 e. The van der Waals surface area contributed by atoms with E-state index in [0.29, 0.717) is 38.7 Å². The van der Waals surface area contributed by atoms with Crippen molar-refractivity contribution in [1.82, 2.24) is 0 Å². The molecule has 0 saturated carbocycles. The molecule has 0 aliphatic carbocycles. The van der Waals surface area contributed by atoms with Crippen LogP contribution in [0.5, 0.6) is 0 Å². The standard InChI is InChI=1S/C16H26O5/c1-12(17)10-14(11-13(2)18)4-5-15(19)6-7-16(20)8-9-21-3/h14H,4-11H2,1-3H3. The quantitative estimate of drug-likeness (QED) is 0.521. The fourth-order valence-electron chi connectivity index (χ4n) is 2.20. The Hall–Kier alpha value is -1.36. The van der Waals surface area contributed by atoms with Crippen LogP contribution in [0.1, 0.15) is 58.8 Å². The predicted molar refractivity (Wildman–Crippen MR) is 79.1 cm³/mol. The Kier molecular flexibility index (Phi) is 10.6. The number of methoxy groups -OCH3 is 1. The summed E-state index contributed by atoms with van der Waals surface area (Å²) in [6.45, 7) is 3.36. The van der Waals surface area contributed by atoms with E-state index in [1.54, 1.807) is 0 Å². The smallest absolute Gasteiger partial charge is 0.135 e. The number of carbonyl (C=O) groups is 4. The van der Waals surface area contributed by atoms with Gasteiger partial charge in [-0.1, -0.05) is 0 Å². The van der Waals surface area contributed by atoms with Crippen molar-refractivity contribution in [2.75, 3.05) is 13.7 Å². The number of hydrogen-bond donors (Lipinski definition) is 0. The lowest BCUT2D eigenvalue weighted by Gasteiger charge is -2.13. The molecular weight excluding hydrogens is 272 g/mol. The Bertz CT molecular complexity index is 357. The zero-order valence-corrected chi connectivity index (χ0v) is 13.3. The summed E-state index contributed by atoms with van der Waals surface area (Å²) in [6.07, 6.45) is 2.33. The lowest BCUT2D eigenvalue weighted by Crippen LogP contribution is -2.13. The molecule has 0 rings (SSSR count). The van der Waals surface area contributed by atoms with Crippen LogP contribution in [-0.4, -0.2) is 36.8 Å². The first-order chi connectivity index (χ1) is 9.85. The van der Waals surface area contributed by atoms with Gasteiger partial charge in [0.2, 0.25) is 0 Å². The van der Waals surface area contributed by atoms with Crippen molar-refractivity contribution in [3.05, 3.63) is 0 Å². The summed E-state index contributed by atoms with van der Waals surface area (Å²) in [7, 11) is 1.53. The normalized spacial score (nSPS) is 10.7. The van der Waals surface area contributed by atoms with Gasteiger partial charge in [0.15, 0.2) is 0 Å². The maximum Gasteiger partial charge on any atom is 0.135 e. The third kappa shape index (κ3) is 12.1. The maximum absolute atomic E-state index is 11.7. The number of carbonyl (C=O) groups excluding carboxylic acids is 4. The summed E-state index contributed by atoms with van der Waals surface area (Å²) in [5, 5.41) is 0. The van der Waals surface area contributed by atoms with Crippen LogP contribution >= 0.6 is 0 Å². The van der Waals surface area contributed by atoms with Crippen molar-refractivity contribution >= 4 is 23.1 Å². The summed E-state index contributed by atoms with van der Waals surface area (Å²) in [5.74, 6) is 0.0344. The number of hydrogen-bond acceptors (Lipinski definition) is 5. The Morgan fingerprint density at radius 1 is 0.810 bits per heavy atom. The van der Waals surface area contributed by atoms with Crippen LogP contribution in [0.25, 0.3) is 0 Å². The Morgan fingerprint density at radius 3 is 1.71 bits per heavy atom. The number of rotatable bonds is 13. The molecule has 0 atom stereocenters. The molecule has 0 aromatic heterocycles. The minimum atomic E-state index is -0.0619. The molecule has 0 heterocycles. The second-order valence-corrected chi connectivity index (χ2v) is 5.54. The van der Waals surface area contributed by atoms with Gasteiger partial charge in [-0.25, -0.2) is 0 Å². The molecule has 0 aliphatic heterocycles. The van der Waals surface area contributed by atoms with Crippen LogP contribution in [0.3, 0.4) is 0 Å². The molecule has 0 aromatic carbocycles. The predicted octanol–water partition coefficient (Wildman–Crippen LogP) is 2.30. The molecule has 0 aliphatic rings. The Labute approximate surface area is 126 Å². The van der Waals surface area contributed by atoms with Gasteiger partial charge >= 0.3 is 0 Å². The Morgan fingerprint density at radius 2 is 1.29 bits per heavy atom. The van der Waals surface area contributed by atoms with E-state index in [2.05, 4.69) is 0 Å². The van der Waals surface area contributed by atoms with Crippen LogP contribution < -0.4 is 0 Å². The Balaban J connectivity index is 4.03. The lowest BCUT2D eigenvalue weighted by atomic mass is 9.91. The van der Waals surface area contributed by atoms with Gasteiger partial charge < -0.3 is 14.3 Å². The van der Waals surface area contributed by atoms with Gasteiger partial charge in [0.25, 0.3) is 0 Å². The largest absolute Gasteiger partial charge is 0.384 e. The maximum atomic E-state index is 11.7. The highest BCUT2D eigenvalue weighted by Gasteiger charge is 2.16. The number of ketones is 4. The van der Waals surface area contributed by atoms with Crippen LogP contribution in [-0.2, 0) is 23.9 Å². The SMILES string of the molecule is COCCC(=O)CCC(=O)CCC(CC(C)=O)CC(C)=O. The molecule has 120 valence electrons. The summed E-state index contributed by atoms with van der Waals surface area (Å²) in [5.41, 5.74) is 0. The van der Waals surface area contributed by atoms with Crippen LogP contribution in [0.15, 0.2) is 0 Å². The third-order valence-electron chi connectivity index (χ3n) is 3.25. The molecular formula is C16H26O5. The first-order valence-electron chi connectivity index (χ1n) is 7.36. The van der Waals surface area contributed by atoms with Gasteiger partial charge in [0, 0.05) is 45.6 Å². The monoisotopic (exact) mass is 298 g/mol. The van der Waals surface area contributed by atoms with Gasteiger partial charge in [-0.2, -0.15) is 0 Å². The van der Waals surface area contributed by atoms with Gasteiger partial charge in [-0.3, -0.25) is 9.59 Å². The van der Waals surface area contributed by atoms with E-state index in [-0.39, 0.29) is 41.9 Å². The summed E-state index contributed by atoms with van der Waals surface area (Å²) in [6, 6.07) is 0. The fraction of sp³-hybridized carbons (Fsp3) is 0.750. The highest BCUT2D eigenvalue weighted by atomic mass is 16.5. The van der Waals surface area contributed by atoms with E-state index in [9.17, 15) is 19.2 Å². The average Bonchev–Trinajstić information content (AvgIpc) is 2.38. The highest BCUT2D eigenvalue weighted by molar-refractivity contribution is 5.86. The first kappa shape index (κ1) is 19.6. The second kappa shape index (κ2) is 11.3. The van der Waals surface area contributed by atoms with Crippen molar-refractivity contribution in [2.24, 2.45) is 5.92 Å². The van der Waals surface area contributed by atoms with E-state index in [4.69, 9.17) is 4.74 Å². The molecule has 0 aromatic rings. The molecule has 5 nitrogen and oxygen atoms in total. The van der Waals surface area contributed by atoms with Gasteiger partial charge in [-0.15, -0.1) is 0 Å². The molecule has 0 spiro atoms. The van der Waals surface area contributed by atoms with Crippen LogP contribution in [0.2, 0.25) is 0 Å². The number of ether oxygens (including phenoxy) is 1. The van der Waals surface area contributed by atoms with Crippen molar-refractivity contribution < 1.29 is 23.9 Å². The zero-order valence-electron chi connectivity index (χ0n) is 13.3. The van der Waals surface area contributed by atoms with Crippen LogP contribution in [0, 0.1) is 5.92 Å². The van der Waals surface area contributed by atoms with Crippen molar-refractivity contribution in [3.8, 4) is 0 Å². The van der Waals surface area contributed by atoms with E-state index < -0.39 is 0 Å². The summed E-state index contributed by atoms with van der Waals surface area (Å²) in [4.78, 5) is 45.4. The van der Waals surface area contributed by atoms with Gasteiger partial charge in [0.05, 0.1) is 6.61 Å². The molecule has 0 unspecified atom stereocenters. The number of Topliss-reactive ketones (excluding diaryl/α,β-unsaturated/α-hetero) is 4. The molecule has 0 saturated heterocycles. The minimum absolute atomic E-state index is 0.0119. The van der Waals surface area contributed by atoms with Crippen LogP contribution in [0.4, 0.5) is 0 Å². The van der Waals surface area contributed by atoms with Crippen molar-refractivity contribution in [2.45, 2.75) is 58.8 Å². The lowest BCUT2D eigenvalue weighted by molar-refractivity contribution is -0.125. The molecule has 5 heteroatoms. The molecule has 0 amide bonds. The first-order valence-corrected chi connectivity index (χ1v) is 7.36. The highest BCUT2D eigenvalue weighted by Crippen LogP contribution is 2.18. The molecule has 0 N–H and O–H groups in total. The third-order valence-corrected chi connectivity index (χ3v) is 3.25. The van der Waals surface area contributed by atoms with Crippen molar-refractivity contribution in [1.29, 1.82) is 0 Å². The molecule has 21 heavy (non-hydrogen) atoms. The topological polar surface area (TPSA) is 77.5 Å². The molecule has 0 bridgehead atoms. The van der Waals surface area contributed by atoms with E-state index >= 15 is 0 Å². The van der Waals surface area contributed by atoms with E-state index in [1.165, 1.54) is 21.0 Å². The van der Waals surface area contributed by atoms with E-state index in [1.807, 2.05) is 0 Å². The fourth-order valence-corrected chi connectivity index (χ4v) is 2.20. The summed E-state index contributed by atoms with van der Waals surface area (Å²) < 4.78 is 4.80. The molecule has 0 fully saturated rings.